The second-order valence-corrected chi connectivity index (χ2v) is 5.20. The summed E-state index contributed by atoms with van der Waals surface area (Å²) in [5.41, 5.74) is 0. The van der Waals surface area contributed by atoms with Crippen molar-refractivity contribution in [2.24, 2.45) is 11.8 Å². The number of ether oxygens (including phenoxy) is 1. The van der Waals surface area contributed by atoms with Crippen LogP contribution >= 0.6 is 0 Å². The lowest BCUT2D eigenvalue weighted by atomic mass is 9.82. The summed E-state index contributed by atoms with van der Waals surface area (Å²) in [6, 6.07) is 0. The molecule has 0 bridgehead atoms. The first-order chi connectivity index (χ1) is 8.00. The van der Waals surface area contributed by atoms with Crippen LogP contribution in [0.15, 0.2) is 0 Å². The summed E-state index contributed by atoms with van der Waals surface area (Å²) >= 11 is 0. The third-order valence-electron chi connectivity index (χ3n) is 3.08. The van der Waals surface area contributed by atoms with Crippen molar-refractivity contribution in [3.63, 3.8) is 0 Å². The van der Waals surface area contributed by atoms with Crippen molar-refractivity contribution in [3.8, 4) is 0 Å². The Hall–Kier alpha value is -0.900. The summed E-state index contributed by atoms with van der Waals surface area (Å²) in [6.45, 7) is 4.65. The Morgan fingerprint density at radius 2 is 2.24 bits per heavy atom. The van der Waals surface area contributed by atoms with Crippen molar-refractivity contribution >= 4 is 11.8 Å². The van der Waals surface area contributed by atoms with E-state index in [9.17, 15) is 9.59 Å². The van der Waals surface area contributed by atoms with Crippen LogP contribution in [0.5, 0.6) is 0 Å². The van der Waals surface area contributed by atoms with E-state index in [1.54, 1.807) is 0 Å². The van der Waals surface area contributed by atoms with Crippen LogP contribution in [0.2, 0.25) is 0 Å². The molecule has 1 N–H and O–H groups in total. The monoisotopic (exact) mass is 242 g/mol. The van der Waals surface area contributed by atoms with Crippen molar-refractivity contribution in [1.29, 1.82) is 0 Å². The SMILES string of the molecule is CC(C)CO[C@@H]1C(=O)CCC[C@@H]1CCC(=O)O. The first-order valence-electron chi connectivity index (χ1n) is 6.36. The van der Waals surface area contributed by atoms with E-state index in [1.165, 1.54) is 0 Å². The highest BCUT2D eigenvalue weighted by molar-refractivity contribution is 5.84. The minimum atomic E-state index is -0.800. The molecule has 0 radical (unpaired) electrons. The topological polar surface area (TPSA) is 63.6 Å². The van der Waals surface area contributed by atoms with Gasteiger partial charge in [0.1, 0.15) is 6.10 Å². The van der Waals surface area contributed by atoms with Crippen molar-refractivity contribution < 1.29 is 19.4 Å². The molecule has 1 fully saturated rings. The van der Waals surface area contributed by atoms with Gasteiger partial charge in [-0.05, 0) is 31.1 Å². The van der Waals surface area contributed by atoms with E-state index >= 15 is 0 Å². The molecule has 4 heteroatoms. The third-order valence-corrected chi connectivity index (χ3v) is 3.08. The molecule has 1 aliphatic carbocycles. The summed E-state index contributed by atoms with van der Waals surface area (Å²) in [6.07, 6.45) is 2.65. The lowest BCUT2D eigenvalue weighted by Crippen LogP contribution is -2.37. The Balaban J connectivity index is 2.50. The smallest absolute Gasteiger partial charge is 0.303 e. The van der Waals surface area contributed by atoms with Gasteiger partial charge >= 0.3 is 5.97 Å². The summed E-state index contributed by atoms with van der Waals surface area (Å²) in [5.74, 6) is -0.172. The molecule has 0 spiro atoms. The van der Waals surface area contributed by atoms with Crippen LogP contribution in [-0.4, -0.2) is 29.6 Å². The van der Waals surface area contributed by atoms with Gasteiger partial charge < -0.3 is 9.84 Å². The molecule has 0 saturated heterocycles. The second-order valence-electron chi connectivity index (χ2n) is 5.20. The highest BCUT2D eigenvalue weighted by atomic mass is 16.5. The average Bonchev–Trinajstić information content (AvgIpc) is 2.24. The Morgan fingerprint density at radius 1 is 1.53 bits per heavy atom. The quantitative estimate of drug-likeness (QED) is 0.776. The summed E-state index contributed by atoms with van der Waals surface area (Å²) < 4.78 is 5.66. The Labute approximate surface area is 102 Å². The maximum absolute atomic E-state index is 11.8. The normalized spacial score (nSPS) is 25.2. The van der Waals surface area contributed by atoms with Crippen LogP contribution < -0.4 is 0 Å². The Kier molecular flexibility index (Phi) is 5.62. The fraction of sp³-hybridized carbons (Fsp3) is 0.846. The highest BCUT2D eigenvalue weighted by Crippen LogP contribution is 2.28. The molecule has 0 amide bonds. The first kappa shape index (κ1) is 14.2. The molecule has 0 aliphatic heterocycles. The number of hydrogen-bond acceptors (Lipinski definition) is 3. The molecule has 0 aromatic rings. The Morgan fingerprint density at radius 3 is 2.82 bits per heavy atom. The number of carbonyl (C=O) groups excluding carboxylic acids is 1. The van der Waals surface area contributed by atoms with Gasteiger partial charge in [0.05, 0.1) is 0 Å². The van der Waals surface area contributed by atoms with Crippen molar-refractivity contribution in [2.75, 3.05) is 6.61 Å². The molecule has 0 heterocycles. The molecule has 1 rings (SSSR count). The molecule has 1 aliphatic rings. The molecule has 0 aromatic carbocycles. The van der Waals surface area contributed by atoms with Gasteiger partial charge in [-0.3, -0.25) is 9.59 Å². The van der Waals surface area contributed by atoms with E-state index in [4.69, 9.17) is 9.84 Å². The molecular formula is C13H22O4. The van der Waals surface area contributed by atoms with Crippen LogP contribution in [0.1, 0.15) is 46.0 Å². The number of Topliss-reactive ketones (excluding diaryl/α,β-unsaturated/α-hetero) is 1. The van der Waals surface area contributed by atoms with Gasteiger partial charge in [0.15, 0.2) is 5.78 Å². The van der Waals surface area contributed by atoms with E-state index in [-0.39, 0.29) is 24.2 Å². The molecule has 1 saturated carbocycles. The number of ketones is 1. The zero-order valence-electron chi connectivity index (χ0n) is 10.6. The highest BCUT2D eigenvalue weighted by Gasteiger charge is 2.32. The van der Waals surface area contributed by atoms with Crippen LogP contribution in [0.4, 0.5) is 0 Å². The van der Waals surface area contributed by atoms with E-state index < -0.39 is 5.97 Å². The van der Waals surface area contributed by atoms with Gasteiger partial charge in [-0.1, -0.05) is 13.8 Å². The van der Waals surface area contributed by atoms with E-state index in [0.29, 0.717) is 25.4 Å². The first-order valence-corrected chi connectivity index (χ1v) is 6.36. The largest absolute Gasteiger partial charge is 0.481 e. The summed E-state index contributed by atoms with van der Waals surface area (Å²) in [4.78, 5) is 22.4. The lowest BCUT2D eigenvalue weighted by molar-refractivity contribution is -0.142. The van der Waals surface area contributed by atoms with Crippen LogP contribution in [0.3, 0.4) is 0 Å². The molecular weight excluding hydrogens is 220 g/mol. The minimum absolute atomic E-state index is 0.0890. The fourth-order valence-electron chi connectivity index (χ4n) is 2.22. The van der Waals surface area contributed by atoms with Gasteiger partial charge in [0.2, 0.25) is 0 Å². The predicted octanol–water partition coefficient (Wildman–Crippen LogP) is 2.26. The number of hydrogen-bond donors (Lipinski definition) is 1. The molecule has 0 unspecified atom stereocenters. The fourth-order valence-corrected chi connectivity index (χ4v) is 2.22. The van der Waals surface area contributed by atoms with E-state index in [1.807, 2.05) is 13.8 Å². The average molecular weight is 242 g/mol. The van der Waals surface area contributed by atoms with Crippen molar-refractivity contribution in [3.05, 3.63) is 0 Å². The van der Waals surface area contributed by atoms with Gasteiger partial charge in [-0.25, -0.2) is 0 Å². The molecule has 17 heavy (non-hydrogen) atoms. The van der Waals surface area contributed by atoms with Crippen molar-refractivity contribution in [2.45, 2.75) is 52.1 Å². The zero-order chi connectivity index (χ0) is 12.8. The molecule has 0 aromatic heterocycles. The maximum Gasteiger partial charge on any atom is 0.303 e. The van der Waals surface area contributed by atoms with E-state index in [0.717, 1.165) is 12.8 Å². The molecule has 4 nitrogen and oxygen atoms in total. The molecule has 2 atom stereocenters. The molecule has 98 valence electrons. The summed E-state index contributed by atoms with van der Waals surface area (Å²) in [5, 5.41) is 8.69. The van der Waals surface area contributed by atoms with Crippen LogP contribution in [0, 0.1) is 11.8 Å². The second kappa shape index (κ2) is 6.74. The van der Waals surface area contributed by atoms with Gasteiger partial charge in [0, 0.05) is 19.4 Å². The number of carbonyl (C=O) groups is 2. The standard InChI is InChI=1S/C13H22O4/c1-9(2)8-17-13-10(6-7-12(15)16)4-3-5-11(13)14/h9-10,13H,3-8H2,1-2H3,(H,15,16)/t10-,13+/m1/s1. The van der Waals surface area contributed by atoms with Crippen molar-refractivity contribution in [1.82, 2.24) is 0 Å². The van der Waals surface area contributed by atoms with Crippen LogP contribution in [-0.2, 0) is 14.3 Å². The summed E-state index contributed by atoms with van der Waals surface area (Å²) in [7, 11) is 0. The number of carboxylic acid groups (broad SMARTS) is 1. The predicted molar refractivity (Wildman–Crippen MR) is 63.8 cm³/mol. The minimum Gasteiger partial charge on any atom is -0.481 e. The van der Waals surface area contributed by atoms with Gasteiger partial charge in [0.25, 0.3) is 0 Å². The lowest BCUT2D eigenvalue weighted by Gasteiger charge is -2.30. The number of rotatable bonds is 6. The van der Waals surface area contributed by atoms with E-state index in [2.05, 4.69) is 0 Å². The number of aliphatic carboxylic acids is 1. The third kappa shape index (κ3) is 4.86. The van der Waals surface area contributed by atoms with Gasteiger partial charge in [-0.15, -0.1) is 0 Å². The van der Waals surface area contributed by atoms with Gasteiger partial charge in [-0.2, -0.15) is 0 Å². The van der Waals surface area contributed by atoms with Crippen LogP contribution in [0.25, 0.3) is 0 Å². The zero-order valence-corrected chi connectivity index (χ0v) is 10.6. The Bertz CT molecular complexity index is 273. The maximum atomic E-state index is 11.8. The number of carboxylic acids is 1.